The van der Waals surface area contributed by atoms with Gasteiger partial charge in [-0.3, -0.25) is 19.5 Å². The molecule has 3 rings (SSSR count). The fourth-order valence-electron chi connectivity index (χ4n) is 3.53. The Hall–Kier alpha value is -1.87. The van der Waals surface area contributed by atoms with E-state index in [9.17, 15) is 14.4 Å². The third-order valence-electron chi connectivity index (χ3n) is 5.07. The largest absolute Gasteiger partial charge is 0.341 e. The predicted octanol–water partition coefficient (Wildman–Crippen LogP) is 3.46. The summed E-state index contributed by atoms with van der Waals surface area (Å²) >= 11 is 3.06. The van der Waals surface area contributed by atoms with Crippen LogP contribution in [0.3, 0.4) is 0 Å². The normalized spacial score (nSPS) is 13.3. The highest BCUT2D eigenvalue weighted by Crippen LogP contribution is 2.34. The van der Waals surface area contributed by atoms with Gasteiger partial charge >= 0.3 is 6.03 Å². The second-order valence-electron chi connectivity index (χ2n) is 7.18. The Kier molecular flexibility index (Phi) is 7.71. The molecule has 0 unspecified atom stereocenters. The lowest BCUT2D eigenvalue weighted by molar-refractivity contribution is -0.119. The zero-order valence-electron chi connectivity index (χ0n) is 17.0. The Morgan fingerprint density at radius 3 is 2.79 bits per heavy atom. The van der Waals surface area contributed by atoms with Crippen LogP contribution in [0, 0.1) is 0 Å². The summed E-state index contributed by atoms with van der Waals surface area (Å²) in [5, 5.41) is 6.10. The smallest absolute Gasteiger partial charge is 0.321 e. The minimum absolute atomic E-state index is 0.0582. The summed E-state index contributed by atoms with van der Waals surface area (Å²) in [7, 11) is 1.46. The van der Waals surface area contributed by atoms with Gasteiger partial charge in [0.2, 0.25) is 5.91 Å². The summed E-state index contributed by atoms with van der Waals surface area (Å²) in [5.74, 6) is 0.115. The number of carbonyl (C=O) groups is 2. The van der Waals surface area contributed by atoms with Crippen LogP contribution in [0.4, 0.5) is 4.79 Å². The van der Waals surface area contributed by atoms with E-state index in [2.05, 4.69) is 17.6 Å². The van der Waals surface area contributed by atoms with E-state index in [1.54, 1.807) is 15.9 Å². The number of aryl methyl sites for hydroxylation is 2. The van der Waals surface area contributed by atoms with Crippen molar-refractivity contribution < 1.29 is 9.59 Å². The highest BCUT2D eigenvalue weighted by molar-refractivity contribution is 7.99. The lowest BCUT2D eigenvalue weighted by atomic mass is 9.97. The molecule has 3 amide bonds. The summed E-state index contributed by atoms with van der Waals surface area (Å²) in [6, 6.07) is -0.514. The number of hydrogen-bond acceptors (Lipinski definition) is 6. The second kappa shape index (κ2) is 10.2. The molecule has 0 saturated heterocycles. The monoisotopic (exact) mass is 436 g/mol. The standard InChI is InChI=1S/C20H28N4O3S2/c1-3-4-7-11-24-18(26)16-13-8-5-6-9-14(13)29-17(16)23-20(24)28-12-10-15(25)22-19(27)21-2/h3-12H2,1-2H3,(H2,21,22,25,27). The quantitative estimate of drug-likeness (QED) is 0.375. The number of hydrogen-bond donors (Lipinski definition) is 2. The van der Waals surface area contributed by atoms with Crippen molar-refractivity contribution in [3.05, 3.63) is 20.8 Å². The molecule has 0 fully saturated rings. The van der Waals surface area contributed by atoms with E-state index in [1.165, 1.54) is 35.7 Å². The third kappa shape index (κ3) is 5.19. The van der Waals surface area contributed by atoms with Gasteiger partial charge in [-0.1, -0.05) is 31.5 Å². The molecule has 0 radical (unpaired) electrons. The molecule has 0 spiro atoms. The Labute approximate surface area is 178 Å². The number of nitrogens with one attached hydrogen (secondary N) is 2. The molecule has 2 N–H and O–H groups in total. The summed E-state index contributed by atoms with van der Waals surface area (Å²) in [6.07, 6.45) is 7.56. The van der Waals surface area contributed by atoms with E-state index in [4.69, 9.17) is 4.98 Å². The molecule has 9 heteroatoms. The van der Waals surface area contributed by atoms with Gasteiger partial charge in [-0.25, -0.2) is 9.78 Å². The number of thioether (sulfide) groups is 1. The van der Waals surface area contributed by atoms with E-state index >= 15 is 0 Å². The van der Waals surface area contributed by atoms with Crippen molar-refractivity contribution in [2.75, 3.05) is 12.8 Å². The molecule has 1 aliphatic rings. The first-order valence-electron chi connectivity index (χ1n) is 10.2. The molecular weight excluding hydrogens is 408 g/mol. The molecule has 0 aromatic carbocycles. The van der Waals surface area contributed by atoms with Gasteiger partial charge in [0, 0.05) is 30.6 Å². The maximum atomic E-state index is 13.3. The number of carbonyl (C=O) groups excluding carboxylic acids is 2. The van der Waals surface area contributed by atoms with Crippen molar-refractivity contribution in [3.63, 3.8) is 0 Å². The van der Waals surface area contributed by atoms with Crippen LogP contribution in [-0.2, 0) is 24.2 Å². The highest BCUT2D eigenvalue weighted by Gasteiger charge is 2.22. The van der Waals surface area contributed by atoms with Crippen LogP contribution in [0.15, 0.2) is 9.95 Å². The molecule has 0 saturated carbocycles. The van der Waals surface area contributed by atoms with Crippen molar-refractivity contribution >= 4 is 45.3 Å². The second-order valence-corrected chi connectivity index (χ2v) is 9.32. The van der Waals surface area contributed by atoms with Gasteiger partial charge in [-0.15, -0.1) is 11.3 Å². The minimum atomic E-state index is -0.514. The van der Waals surface area contributed by atoms with E-state index < -0.39 is 6.03 Å². The zero-order valence-corrected chi connectivity index (χ0v) is 18.6. The summed E-state index contributed by atoms with van der Waals surface area (Å²) in [6.45, 7) is 2.78. The number of thiophene rings is 1. The van der Waals surface area contributed by atoms with Crippen LogP contribution < -0.4 is 16.2 Å². The number of imide groups is 1. The van der Waals surface area contributed by atoms with E-state index in [-0.39, 0.29) is 17.9 Å². The molecule has 0 atom stereocenters. The predicted molar refractivity (Wildman–Crippen MR) is 118 cm³/mol. The first kappa shape index (κ1) is 21.8. The van der Waals surface area contributed by atoms with E-state index in [1.807, 2.05) is 0 Å². The lowest BCUT2D eigenvalue weighted by Gasteiger charge is -2.13. The molecule has 2 aromatic rings. The molecular formula is C20H28N4O3S2. The highest BCUT2D eigenvalue weighted by atomic mass is 32.2. The van der Waals surface area contributed by atoms with Crippen LogP contribution in [0.5, 0.6) is 0 Å². The molecule has 29 heavy (non-hydrogen) atoms. The fraction of sp³-hybridized carbons (Fsp3) is 0.600. The van der Waals surface area contributed by atoms with Gasteiger partial charge < -0.3 is 5.32 Å². The SMILES string of the molecule is CCCCCn1c(SCCC(=O)NC(=O)NC)nc2sc3c(c2c1=O)CCCC3. The third-order valence-corrected chi connectivity index (χ3v) is 7.23. The van der Waals surface area contributed by atoms with Crippen molar-refractivity contribution in [1.29, 1.82) is 0 Å². The first-order valence-corrected chi connectivity index (χ1v) is 12.0. The maximum absolute atomic E-state index is 13.3. The van der Waals surface area contributed by atoms with E-state index in [0.29, 0.717) is 17.5 Å². The van der Waals surface area contributed by atoms with Crippen LogP contribution in [0.1, 0.15) is 55.9 Å². The first-order chi connectivity index (χ1) is 14.0. The van der Waals surface area contributed by atoms with Gasteiger partial charge in [0.1, 0.15) is 4.83 Å². The Bertz CT molecular complexity index is 951. The topological polar surface area (TPSA) is 93.1 Å². The minimum Gasteiger partial charge on any atom is -0.341 e. The van der Waals surface area contributed by atoms with Crippen LogP contribution in [0.2, 0.25) is 0 Å². The van der Waals surface area contributed by atoms with Crippen LogP contribution in [-0.4, -0.2) is 34.3 Å². The van der Waals surface area contributed by atoms with Crippen molar-refractivity contribution in [2.24, 2.45) is 0 Å². The molecule has 0 bridgehead atoms. The van der Waals surface area contributed by atoms with Crippen LogP contribution >= 0.6 is 23.1 Å². The number of urea groups is 1. The average Bonchev–Trinajstić information content (AvgIpc) is 3.08. The fourth-order valence-corrected chi connectivity index (χ4v) is 5.80. The number of fused-ring (bicyclic) bond motifs is 3. The number of rotatable bonds is 8. The summed E-state index contributed by atoms with van der Waals surface area (Å²) in [5.41, 5.74) is 1.27. The number of unbranched alkanes of at least 4 members (excludes halogenated alkanes) is 2. The van der Waals surface area contributed by atoms with Crippen LogP contribution in [0.25, 0.3) is 10.2 Å². The molecule has 158 valence electrons. The van der Waals surface area contributed by atoms with Gasteiger partial charge in [0.25, 0.3) is 5.56 Å². The molecule has 7 nitrogen and oxygen atoms in total. The van der Waals surface area contributed by atoms with Gasteiger partial charge in [-0.05, 0) is 37.7 Å². The van der Waals surface area contributed by atoms with Gasteiger partial charge in [0.15, 0.2) is 5.16 Å². The lowest BCUT2D eigenvalue weighted by Crippen LogP contribution is -2.37. The number of nitrogens with zero attached hydrogens (tertiary/aromatic N) is 2. The van der Waals surface area contributed by atoms with Gasteiger partial charge in [0.05, 0.1) is 5.39 Å². The molecule has 2 aromatic heterocycles. The maximum Gasteiger partial charge on any atom is 0.321 e. The van der Waals surface area contributed by atoms with Crippen molar-refractivity contribution in [3.8, 4) is 0 Å². The number of amides is 3. The number of aromatic nitrogens is 2. The van der Waals surface area contributed by atoms with Gasteiger partial charge in [-0.2, -0.15) is 0 Å². The summed E-state index contributed by atoms with van der Waals surface area (Å²) < 4.78 is 1.79. The van der Waals surface area contributed by atoms with Crippen molar-refractivity contribution in [2.45, 2.75) is 70.0 Å². The van der Waals surface area contributed by atoms with Crippen molar-refractivity contribution in [1.82, 2.24) is 20.2 Å². The average molecular weight is 437 g/mol. The molecule has 2 heterocycles. The Morgan fingerprint density at radius 2 is 2.03 bits per heavy atom. The summed E-state index contributed by atoms with van der Waals surface area (Å²) in [4.78, 5) is 43.4. The zero-order chi connectivity index (χ0) is 20.8. The Balaban J connectivity index is 1.84. The molecule has 0 aliphatic heterocycles. The Morgan fingerprint density at radius 1 is 1.24 bits per heavy atom. The van der Waals surface area contributed by atoms with E-state index in [0.717, 1.165) is 48.7 Å². The molecule has 1 aliphatic carbocycles.